The number of nitrogens with one attached hydrogen (secondary N) is 1. The van der Waals surface area contributed by atoms with E-state index in [-0.39, 0.29) is 28.1 Å². The number of anilines is 1. The van der Waals surface area contributed by atoms with Gasteiger partial charge in [-0.1, -0.05) is 18.5 Å². The van der Waals surface area contributed by atoms with Gasteiger partial charge in [0.15, 0.2) is 0 Å². The molecule has 0 amide bonds. The third-order valence-electron chi connectivity index (χ3n) is 2.92. The monoisotopic (exact) mass is 316 g/mol. The number of hydrogen-bond donors (Lipinski definition) is 3. The molecule has 1 aromatic carbocycles. The number of hydrogen-bond acceptors (Lipinski definition) is 4. The Labute approximate surface area is 124 Å². The van der Waals surface area contributed by atoms with Crippen molar-refractivity contribution in [2.75, 3.05) is 12.3 Å². The van der Waals surface area contributed by atoms with E-state index in [1.54, 1.807) is 0 Å². The van der Waals surface area contributed by atoms with E-state index in [9.17, 15) is 13.5 Å². The zero-order valence-corrected chi connectivity index (χ0v) is 12.6. The lowest BCUT2D eigenvalue weighted by molar-refractivity contribution is 0.231. The highest BCUT2D eigenvalue weighted by molar-refractivity contribution is 7.89. The minimum absolute atomic E-state index is 0.0234. The van der Waals surface area contributed by atoms with Gasteiger partial charge in [-0.2, -0.15) is 0 Å². The van der Waals surface area contributed by atoms with Gasteiger partial charge in [-0.25, -0.2) is 13.1 Å². The number of aliphatic hydroxyl groups is 1. The van der Waals surface area contributed by atoms with Crippen LogP contribution in [-0.4, -0.2) is 26.2 Å². The molecular formula is C13H17ClN2O3S. The van der Waals surface area contributed by atoms with E-state index >= 15 is 0 Å². The molecule has 1 aromatic rings. The molecule has 7 heteroatoms. The van der Waals surface area contributed by atoms with Crippen LogP contribution in [0.4, 0.5) is 5.69 Å². The summed E-state index contributed by atoms with van der Waals surface area (Å²) in [6.07, 6.45) is 5.88. The molecule has 0 aromatic heterocycles. The van der Waals surface area contributed by atoms with Crippen molar-refractivity contribution in [2.45, 2.75) is 24.3 Å². The van der Waals surface area contributed by atoms with Crippen LogP contribution >= 0.6 is 11.6 Å². The summed E-state index contributed by atoms with van der Waals surface area (Å²) in [5.41, 5.74) is 5.75. The van der Waals surface area contributed by atoms with Crippen LogP contribution in [0.3, 0.4) is 0 Å². The number of halogens is 1. The average molecular weight is 317 g/mol. The van der Waals surface area contributed by atoms with Gasteiger partial charge in [-0.15, -0.1) is 12.3 Å². The van der Waals surface area contributed by atoms with E-state index in [1.165, 1.54) is 18.2 Å². The van der Waals surface area contributed by atoms with Crippen LogP contribution in [0, 0.1) is 18.3 Å². The quantitative estimate of drug-likeness (QED) is 0.543. The van der Waals surface area contributed by atoms with Crippen LogP contribution in [0.2, 0.25) is 5.02 Å². The van der Waals surface area contributed by atoms with Gasteiger partial charge in [0.25, 0.3) is 0 Å². The summed E-state index contributed by atoms with van der Waals surface area (Å²) in [7, 11) is -3.82. The Balaban J connectivity index is 3.04. The first kappa shape index (κ1) is 16.8. The van der Waals surface area contributed by atoms with E-state index in [4.69, 9.17) is 23.8 Å². The Morgan fingerprint density at radius 3 is 2.65 bits per heavy atom. The largest absolute Gasteiger partial charge is 0.397 e. The summed E-state index contributed by atoms with van der Waals surface area (Å²) in [6, 6.07) is 3.26. The highest BCUT2D eigenvalue weighted by atomic mass is 35.5. The van der Waals surface area contributed by atoms with Crippen LogP contribution in [-0.2, 0) is 10.0 Å². The third kappa shape index (κ3) is 3.87. The molecule has 20 heavy (non-hydrogen) atoms. The average Bonchev–Trinajstić information content (AvgIpc) is 2.41. The Hall–Kier alpha value is -1.26. The zero-order chi connectivity index (χ0) is 15.3. The summed E-state index contributed by atoms with van der Waals surface area (Å²) in [5, 5.41) is 9.57. The van der Waals surface area contributed by atoms with Gasteiger partial charge in [0.05, 0.1) is 28.3 Å². The van der Waals surface area contributed by atoms with Crippen molar-refractivity contribution in [3.63, 3.8) is 0 Å². The van der Waals surface area contributed by atoms with Crippen LogP contribution < -0.4 is 10.5 Å². The molecule has 0 unspecified atom stereocenters. The van der Waals surface area contributed by atoms with Crippen molar-refractivity contribution in [1.82, 2.24) is 4.72 Å². The molecule has 0 saturated heterocycles. The maximum Gasteiger partial charge on any atom is 0.241 e. The van der Waals surface area contributed by atoms with E-state index in [2.05, 4.69) is 10.6 Å². The highest BCUT2D eigenvalue weighted by Gasteiger charge is 2.25. The van der Waals surface area contributed by atoms with E-state index in [0.29, 0.717) is 6.42 Å². The van der Waals surface area contributed by atoms with Gasteiger partial charge >= 0.3 is 0 Å². The molecule has 0 saturated carbocycles. The fourth-order valence-electron chi connectivity index (χ4n) is 1.72. The second-order valence-electron chi connectivity index (χ2n) is 4.28. The Morgan fingerprint density at radius 1 is 1.55 bits per heavy atom. The van der Waals surface area contributed by atoms with Gasteiger partial charge in [-0.05, 0) is 24.6 Å². The first-order valence-corrected chi connectivity index (χ1v) is 7.86. The van der Waals surface area contributed by atoms with E-state index in [1.807, 2.05) is 6.92 Å². The van der Waals surface area contributed by atoms with Crippen LogP contribution in [0.15, 0.2) is 23.1 Å². The summed E-state index contributed by atoms with van der Waals surface area (Å²) < 4.78 is 26.8. The predicted molar refractivity (Wildman–Crippen MR) is 79.7 cm³/mol. The molecule has 2 atom stereocenters. The Kier molecular flexibility index (Phi) is 5.84. The van der Waals surface area contributed by atoms with Gasteiger partial charge < -0.3 is 10.8 Å². The molecule has 0 aliphatic heterocycles. The fraction of sp³-hybridized carbons (Fsp3) is 0.385. The predicted octanol–water partition coefficient (Wildman–Crippen LogP) is 1.22. The molecule has 4 N–H and O–H groups in total. The summed E-state index contributed by atoms with van der Waals surface area (Å²) in [6.45, 7) is 1.44. The lowest BCUT2D eigenvalue weighted by Crippen LogP contribution is -2.42. The van der Waals surface area contributed by atoms with Crippen LogP contribution in [0.25, 0.3) is 0 Å². The van der Waals surface area contributed by atoms with E-state index < -0.39 is 16.1 Å². The normalized spacial score (nSPS) is 14.5. The third-order valence-corrected chi connectivity index (χ3v) is 4.75. The van der Waals surface area contributed by atoms with Crippen molar-refractivity contribution < 1.29 is 13.5 Å². The minimum Gasteiger partial charge on any atom is -0.397 e. The van der Waals surface area contributed by atoms with Gasteiger partial charge in [0.2, 0.25) is 10.0 Å². The molecule has 110 valence electrons. The number of benzene rings is 1. The van der Waals surface area contributed by atoms with Crippen LogP contribution in [0.5, 0.6) is 0 Å². The number of terminal acetylenes is 1. The SMILES string of the molecule is C#C[C@@H](CC)[C@@H](CO)NS(=O)(=O)c1ccc(Cl)c(N)c1. The van der Waals surface area contributed by atoms with Gasteiger partial charge in [-0.3, -0.25) is 0 Å². The lowest BCUT2D eigenvalue weighted by atomic mass is 10.00. The molecule has 0 spiro atoms. The molecule has 5 nitrogen and oxygen atoms in total. The Bertz CT molecular complexity index is 611. The smallest absolute Gasteiger partial charge is 0.241 e. The molecule has 0 bridgehead atoms. The standard InChI is InChI=1S/C13H17ClN2O3S/c1-3-9(4-2)13(8-17)16-20(18,19)10-5-6-11(14)12(15)7-10/h1,5-7,9,13,16-17H,4,8,15H2,2H3/t9-,13+/m0/s1. The topological polar surface area (TPSA) is 92.4 Å². The maximum atomic E-state index is 12.2. The molecule has 0 fully saturated rings. The molecule has 0 aliphatic carbocycles. The van der Waals surface area contributed by atoms with Crippen molar-refractivity contribution in [1.29, 1.82) is 0 Å². The van der Waals surface area contributed by atoms with Crippen LogP contribution in [0.1, 0.15) is 13.3 Å². The molecule has 0 heterocycles. The number of rotatable bonds is 6. The summed E-state index contributed by atoms with van der Waals surface area (Å²) in [5.74, 6) is 2.08. The first-order chi connectivity index (χ1) is 9.35. The zero-order valence-electron chi connectivity index (χ0n) is 11.0. The molecule has 1 rings (SSSR count). The molecule has 0 aliphatic rings. The van der Waals surface area contributed by atoms with Gasteiger partial charge in [0, 0.05) is 5.92 Å². The van der Waals surface area contributed by atoms with Crippen molar-refractivity contribution in [3.8, 4) is 12.3 Å². The van der Waals surface area contributed by atoms with Crippen molar-refractivity contribution in [3.05, 3.63) is 23.2 Å². The minimum atomic E-state index is -3.82. The summed E-state index contributed by atoms with van der Waals surface area (Å²) >= 11 is 5.75. The first-order valence-electron chi connectivity index (χ1n) is 6.00. The molecule has 0 radical (unpaired) electrons. The van der Waals surface area contributed by atoms with Crippen molar-refractivity contribution in [2.24, 2.45) is 5.92 Å². The maximum absolute atomic E-state index is 12.2. The second-order valence-corrected chi connectivity index (χ2v) is 6.40. The number of sulfonamides is 1. The van der Waals surface area contributed by atoms with Gasteiger partial charge in [0.1, 0.15) is 0 Å². The van der Waals surface area contributed by atoms with Crippen molar-refractivity contribution >= 4 is 27.3 Å². The highest BCUT2D eigenvalue weighted by Crippen LogP contribution is 2.22. The summed E-state index contributed by atoms with van der Waals surface area (Å²) in [4.78, 5) is -0.0234. The Morgan fingerprint density at radius 2 is 2.20 bits per heavy atom. The molecular weight excluding hydrogens is 300 g/mol. The fourth-order valence-corrected chi connectivity index (χ4v) is 3.14. The lowest BCUT2D eigenvalue weighted by Gasteiger charge is -2.21. The number of aliphatic hydroxyl groups excluding tert-OH is 1. The number of nitrogens with two attached hydrogens (primary N) is 1. The van der Waals surface area contributed by atoms with E-state index in [0.717, 1.165) is 0 Å². The number of nitrogen functional groups attached to an aromatic ring is 1. The second kappa shape index (κ2) is 6.95.